The van der Waals surface area contributed by atoms with Gasteiger partial charge in [0.2, 0.25) is 0 Å². The first-order chi connectivity index (χ1) is 16.7. The van der Waals surface area contributed by atoms with Crippen molar-refractivity contribution < 1.29 is 44.0 Å². The van der Waals surface area contributed by atoms with Gasteiger partial charge in [-0.05, 0) is 0 Å². The molecule has 178 valence electrons. The van der Waals surface area contributed by atoms with Crippen LogP contribution in [-0.2, 0) is 19.2 Å². The average Bonchev–Trinajstić information content (AvgIpc) is 3.38. The van der Waals surface area contributed by atoms with Gasteiger partial charge in [-0.1, -0.05) is 0 Å². The van der Waals surface area contributed by atoms with Crippen LogP contribution in [0.5, 0.6) is 0 Å². The molecule has 0 bridgehead atoms. The van der Waals surface area contributed by atoms with Gasteiger partial charge in [-0.2, -0.15) is 0 Å². The second-order valence-corrected chi connectivity index (χ2v) is 13.0. The Morgan fingerprint density at radius 3 is 2.14 bits per heavy atom. The molecule has 36 heavy (non-hydrogen) atoms. The van der Waals surface area contributed by atoms with Gasteiger partial charge in [0.05, 0.1) is 0 Å². The van der Waals surface area contributed by atoms with E-state index in [2.05, 4.69) is 123 Å². The van der Waals surface area contributed by atoms with Gasteiger partial charge in [-0.3, -0.25) is 0 Å². The molecule has 4 aromatic carbocycles. The largest absolute Gasteiger partial charge is 1.00 e. The van der Waals surface area contributed by atoms with Crippen LogP contribution in [-0.4, -0.2) is 0 Å². The molecule has 0 amide bonds. The zero-order chi connectivity index (χ0) is 23.1. The molecule has 0 spiro atoms. The summed E-state index contributed by atoms with van der Waals surface area (Å²) in [6.45, 7) is 4.61. The number of hydrogen-bond acceptors (Lipinski definition) is 0. The van der Waals surface area contributed by atoms with Crippen LogP contribution in [0.3, 0.4) is 0 Å². The molecule has 4 heteroatoms. The summed E-state index contributed by atoms with van der Waals surface area (Å²) in [5, 5.41) is 3.12. The molecule has 2 aliphatic rings. The van der Waals surface area contributed by atoms with Crippen molar-refractivity contribution in [3.8, 4) is 11.1 Å². The Balaban J connectivity index is 0.00000152. The number of fused-ring (bicyclic) bond motifs is 2. The molecule has 3 unspecified atom stereocenters. The minimum Gasteiger partial charge on any atom is -1.00 e. The Labute approximate surface area is 237 Å². The predicted octanol–water partition coefficient (Wildman–Crippen LogP) is 2.31. The van der Waals surface area contributed by atoms with E-state index in [9.17, 15) is 0 Å². The number of hydrogen-bond donors (Lipinski definition) is 0. The van der Waals surface area contributed by atoms with E-state index in [0.29, 0.717) is 8.45 Å². The van der Waals surface area contributed by atoms with Crippen molar-refractivity contribution in [3.05, 3.63) is 136 Å². The van der Waals surface area contributed by atoms with E-state index in [1.165, 1.54) is 33.1 Å². The Kier molecular flexibility index (Phi) is 8.77. The molecule has 2 aliphatic carbocycles. The summed E-state index contributed by atoms with van der Waals surface area (Å²) in [7, 11) is 0.749. The van der Waals surface area contributed by atoms with Crippen molar-refractivity contribution in [2.45, 2.75) is 22.3 Å². The number of allylic oxidation sites excluding steroid dienone is 2. The van der Waals surface area contributed by atoms with Crippen molar-refractivity contribution in [3.63, 3.8) is 0 Å². The van der Waals surface area contributed by atoms with Gasteiger partial charge in [-0.15, -0.1) is 0 Å². The molecular formula is C32H27Cl2PTi. The number of halogens is 2. The summed E-state index contributed by atoms with van der Waals surface area (Å²) in [5.74, 6) is 0. The van der Waals surface area contributed by atoms with Gasteiger partial charge in [0.25, 0.3) is 0 Å². The maximum absolute atomic E-state index is 2.50. The molecule has 0 aromatic heterocycles. The normalized spacial score (nSPS) is 17.4. The third-order valence-electron chi connectivity index (χ3n) is 7.05. The van der Waals surface area contributed by atoms with Crippen molar-refractivity contribution in [2.24, 2.45) is 0 Å². The van der Waals surface area contributed by atoms with Crippen molar-refractivity contribution in [1.29, 1.82) is 0 Å². The van der Waals surface area contributed by atoms with Crippen molar-refractivity contribution in [1.82, 2.24) is 0 Å². The molecule has 0 radical (unpaired) electrons. The van der Waals surface area contributed by atoms with Crippen LogP contribution in [0.25, 0.3) is 23.3 Å². The number of aryl methyl sites for hydroxylation is 1. The van der Waals surface area contributed by atoms with E-state index in [4.69, 9.17) is 0 Å². The topological polar surface area (TPSA) is 0 Å². The number of benzene rings is 4. The second-order valence-electron chi connectivity index (χ2n) is 9.26. The van der Waals surface area contributed by atoms with E-state index in [1.54, 1.807) is 22.0 Å². The van der Waals surface area contributed by atoms with Gasteiger partial charge < -0.3 is 24.8 Å². The first kappa shape index (κ1) is 27.1. The number of rotatable bonds is 5. The van der Waals surface area contributed by atoms with E-state index < -0.39 is 0 Å². The molecule has 0 nitrogen and oxygen atoms in total. The van der Waals surface area contributed by atoms with E-state index in [0.717, 1.165) is 8.58 Å². The van der Waals surface area contributed by atoms with E-state index in [-0.39, 0.29) is 44.0 Å². The predicted molar refractivity (Wildman–Crippen MR) is 145 cm³/mol. The molecule has 3 atom stereocenters. The Morgan fingerprint density at radius 1 is 0.639 bits per heavy atom. The van der Waals surface area contributed by atoms with Crippen LogP contribution in [0.4, 0.5) is 0 Å². The molecule has 0 fully saturated rings. The summed E-state index contributed by atoms with van der Waals surface area (Å²) in [5.41, 5.74) is 11.6. The smallest absolute Gasteiger partial charge is 1.00 e. The van der Waals surface area contributed by atoms with Gasteiger partial charge in [0.1, 0.15) is 0 Å². The quantitative estimate of drug-likeness (QED) is 0.260. The van der Waals surface area contributed by atoms with Gasteiger partial charge in [-0.25, -0.2) is 0 Å². The average molecular weight is 561 g/mol. The van der Waals surface area contributed by atoms with Crippen LogP contribution in [0, 0.1) is 6.92 Å². The first-order valence-electron chi connectivity index (χ1n) is 11.9. The summed E-state index contributed by atoms with van der Waals surface area (Å²) < 4.78 is 1.17. The molecule has 0 aliphatic heterocycles. The fraction of sp³-hybridized carbons (Fsp3) is 0.125. The molecule has 0 saturated heterocycles. The van der Waals surface area contributed by atoms with Gasteiger partial charge in [0.15, 0.2) is 0 Å². The maximum atomic E-state index is 2.50. The minimum absolute atomic E-state index is 0. The molecule has 0 heterocycles. The van der Waals surface area contributed by atoms with Gasteiger partial charge in [0, 0.05) is 0 Å². The summed E-state index contributed by atoms with van der Waals surface area (Å²) >= 11 is -0.338. The summed E-state index contributed by atoms with van der Waals surface area (Å²) in [6.07, 6.45) is 4.98. The molecular weight excluding hydrogens is 534 g/mol. The molecule has 0 saturated carbocycles. The van der Waals surface area contributed by atoms with Crippen LogP contribution in [0.1, 0.15) is 43.2 Å². The zero-order valence-electron chi connectivity index (χ0n) is 20.3. The monoisotopic (exact) mass is 560 g/mol. The van der Waals surface area contributed by atoms with Crippen molar-refractivity contribution in [2.75, 3.05) is 0 Å². The van der Waals surface area contributed by atoms with Crippen LogP contribution >= 0.6 is 8.58 Å². The van der Waals surface area contributed by atoms with Crippen LogP contribution < -0.4 is 30.1 Å². The van der Waals surface area contributed by atoms with Crippen LogP contribution in [0.15, 0.2) is 108 Å². The summed E-state index contributed by atoms with van der Waals surface area (Å²) in [6, 6.07) is 35.8. The van der Waals surface area contributed by atoms with E-state index in [1.807, 2.05) is 0 Å². The fourth-order valence-electron chi connectivity index (χ4n) is 5.29. The van der Waals surface area contributed by atoms with Gasteiger partial charge >= 0.3 is 214 Å². The standard InChI is InChI=1S/C16H14P.C16H13.2ClH.Ti/c1-12-6-2-5-9-16(12)17-15-10-13-7-3-4-8-14(13)11-15;1-12-10-14-8-5-9-15(16(14)11-12)13-6-3-2-4-7-13;;;/h2-11,17H,1H3;2-11H,1H3;2*1H;/q;;;;+2/p-2. The zero-order valence-corrected chi connectivity index (χ0v) is 24.4. The maximum Gasteiger partial charge on any atom is -1.00 e. The van der Waals surface area contributed by atoms with Crippen LogP contribution in [0.2, 0.25) is 0 Å². The minimum atomic E-state index is -0.338. The Bertz CT molecular complexity index is 1440. The third-order valence-corrected chi connectivity index (χ3v) is 12.3. The molecule has 4 aromatic rings. The van der Waals surface area contributed by atoms with E-state index >= 15 is 0 Å². The SMILES string of the molecule is CC1=Cc2c(-c3ccccc3)cccc2[CH]1[Ti+2][CH]1C(Pc2ccccc2C)=Cc2ccccc21.[Cl-].[Cl-]. The summed E-state index contributed by atoms with van der Waals surface area (Å²) in [4.78, 5) is 0. The first-order valence-corrected chi connectivity index (χ1v) is 14.7. The Morgan fingerprint density at radius 2 is 1.33 bits per heavy atom. The fourth-order valence-corrected chi connectivity index (χ4v) is 10.1. The molecule has 0 N–H and O–H groups in total. The second kappa shape index (κ2) is 11.6. The molecule has 6 rings (SSSR count). The van der Waals surface area contributed by atoms with Crippen molar-refractivity contribution >= 4 is 26.0 Å². The third kappa shape index (κ3) is 5.08. The Hall–Kier alpha value is -1.92.